The van der Waals surface area contributed by atoms with Crippen molar-refractivity contribution in [2.24, 2.45) is 10.2 Å². The summed E-state index contributed by atoms with van der Waals surface area (Å²) < 4.78 is 16.0. The van der Waals surface area contributed by atoms with Crippen molar-refractivity contribution in [3.63, 3.8) is 0 Å². The second-order valence-corrected chi connectivity index (χ2v) is 10.2. The van der Waals surface area contributed by atoms with E-state index in [4.69, 9.17) is 14.2 Å². The van der Waals surface area contributed by atoms with E-state index in [1.807, 2.05) is 0 Å². The molecule has 0 bridgehead atoms. The van der Waals surface area contributed by atoms with Crippen molar-refractivity contribution in [3.8, 4) is 17.2 Å². The van der Waals surface area contributed by atoms with Gasteiger partial charge in [0.2, 0.25) is 0 Å². The van der Waals surface area contributed by atoms with Crippen molar-refractivity contribution in [3.05, 3.63) is 113 Å². The molecule has 48 heavy (non-hydrogen) atoms. The number of phenolic OH excluding ortho intramolecular Hbond substituents is 2. The quantitative estimate of drug-likeness (QED) is 0.0845. The van der Waals surface area contributed by atoms with Gasteiger partial charge in [0.15, 0.2) is 13.0 Å². The average molecular weight is 653 g/mol. The molecule has 4 aromatic rings. The molecule has 1 heterocycles. The molecule has 244 valence electrons. The number of fused-ring (bicyclic) bond motifs is 1. The Morgan fingerprint density at radius 2 is 1.42 bits per heavy atom. The molecule has 0 fully saturated rings. The Bertz CT molecular complexity index is 1910. The molecule has 0 radical (unpaired) electrons. The van der Waals surface area contributed by atoms with Gasteiger partial charge in [-0.05, 0) is 54.6 Å². The van der Waals surface area contributed by atoms with Gasteiger partial charge < -0.3 is 34.6 Å². The number of rotatable bonds is 12. The van der Waals surface area contributed by atoms with Crippen molar-refractivity contribution in [2.45, 2.75) is 0 Å². The number of aldehydes is 1. The first-order valence-corrected chi connectivity index (χ1v) is 14.5. The summed E-state index contributed by atoms with van der Waals surface area (Å²) in [5, 5.41) is 31.1. The lowest BCUT2D eigenvalue weighted by atomic mass is 10.1. The van der Waals surface area contributed by atoms with Gasteiger partial charge in [-0.3, -0.25) is 14.4 Å². The van der Waals surface area contributed by atoms with E-state index in [1.165, 1.54) is 53.4 Å². The Morgan fingerprint density at radius 1 is 0.812 bits per heavy atom. The third-order valence-electron chi connectivity index (χ3n) is 7.01. The maximum Gasteiger partial charge on any atom is 0.342 e. The van der Waals surface area contributed by atoms with E-state index in [-0.39, 0.29) is 84.1 Å². The second kappa shape index (κ2) is 15.1. The van der Waals surface area contributed by atoms with Crippen LogP contribution < -0.4 is 10.1 Å². The van der Waals surface area contributed by atoms with Crippen LogP contribution in [0.2, 0.25) is 0 Å². The molecule has 0 atom stereocenters. The van der Waals surface area contributed by atoms with E-state index in [1.54, 1.807) is 36.4 Å². The van der Waals surface area contributed by atoms with Crippen LogP contribution in [0.4, 0.5) is 11.4 Å². The van der Waals surface area contributed by atoms with Crippen molar-refractivity contribution >= 4 is 41.4 Å². The molecule has 3 N–H and O–H groups in total. The first-order chi connectivity index (χ1) is 23.2. The summed E-state index contributed by atoms with van der Waals surface area (Å²) in [4.78, 5) is 62.8. The van der Waals surface area contributed by atoms with Crippen molar-refractivity contribution in [1.82, 2.24) is 10.2 Å². The van der Waals surface area contributed by atoms with Gasteiger partial charge in [0.25, 0.3) is 11.8 Å². The van der Waals surface area contributed by atoms with Crippen LogP contribution in [0.15, 0.2) is 95.2 Å². The number of azo groups is 1. The standard InChI is InChI=1S/C34H28N4O10/c39-19-21-5-1-2-6-24(21)31(42)35-13-15-46-33(44)26-17-22(9-11-28(26)40)36-37-23-10-12-29(41)27(18-23)34(45)47-16-14-38-20-48-30-8-4-3-7-25(30)32(38)43/h1-12,17-19,40-41H,13-16,20H2,(H,35,42). The van der Waals surface area contributed by atoms with Gasteiger partial charge in [-0.2, -0.15) is 10.2 Å². The normalized spacial score (nSPS) is 12.2. The molecule has 0 aliphatic carbocycles. The molecule has 14 nitrogen and oxygen atoms in total. The Hall–Kier alpha value is -6.57. The fourth-order valence-electron chi connectivity index (χ4n) is 4.54. The van der Waals surface area contributed by atoms with Crippen molar-refractivity contribution in [2.75, 3.05) is 33.0 Å². The third kappa shape index (κ3) is 7.80. The van der Waals surface area contributed by atoms with Gasteiger partial charge in [-0.15, -0.1) is 0 Å². The zero-order valence-electron chi connectivity index (χ0n) is 25.2. The van der Waals surface area contributed by atoms with Crippen LogP contribution in [0.5, 0.6) is 17.2 Å². The number of esters is 2. The molecule has 0 saturated heterocycles. The van der Waals surface area contributed by atoms with Crippen LogP contribution in [0.1, 0.15) is 51.8 Å². The Balaban J connectivity index is 1.14. The van der Waals surface area contributed by atoms with Gasteiger partial charge in [-0.25, -0.2) is 9.59 Å². The molecule has 5 rings (SSSR count). The Morgan fingerprint density at radius 3 is 2.08 bits per heavy atom. The molecule has 0 unspecified atom stereocenters. The average Bonchev–Trinajstić information content (AvgIpc) is 3.11. The highest BCUT2D eigenvalue weighted by atomic mass is 16.5. The predicted molar refractivity (Wildman–Crippen MR) is 168 cm³/mol. The monoisotopic (exact) mass is 652 g/mol. The lowest BCUT2D eigenvalue weighted by Crippen LogP contribution is -2.40. The summed E-state index contributed by atoms with van der Waals surface area (Å²) in [6.07, 6.45) is 0.565. The van der Waals surface area contributed by atoms with E-state index < -0.39 is 17.8 Å². The maximum absolute atomic E-state index is 12.7. The first-order valence-electron chi connectivity index (χ1n) is 14.5. The molecule has 0 aromatic heterocycles. The highest BCUT2D eigenvalue weighted by molar-refractivity contribution is 6.01. The van der Waals surface area contributed by atoms with Crippen LogP contribution in [0.25, 0.3) is 0 Å². The molecule has 4 aromatic carbocycles. The minimum atomic E-state index is -0.885. The van der Waals surface area contributed by atoms with Crippen molar-refractivity contribution in [1.29, 1.82) is 0 Å². The largest absolute Gasteiger partial charge is 0.507 e. The van der Waals surface area contributed by atoms with Crippen LogP contribution in [0.3, 0.4) is 0 Å². The van der Waals surface area contributed by atoms with Crippen molar-refractivity contribution < 1.29 is 48.4 Å². The number of phenols is 2. The smallest absolute Gasteiger partial charge is 0.342 e. The number of amides is 2. The zero-order valence-corrected chi connectivity index (χ0v) is 25.2. The van der Waals surface area contributed by atoms with Gasteiger partial charge >= 0.3 is 11.9 Å². The minimum absolute atomic E-state index is 0.00228. The molecule has 0 saturated carbocycles. The Kier molecular flexibility index (Phi) is 10.4. The van der Waals surface area contributed by atoms with E-state index in [0.717, 1.165) is 0 Å². The van der Waals surface area contributed by atoms with Crippen LogP contribution >= 0.6 is 0 Å². The number of hydrogen-bond donors (Lipinski definition) is 3. The lowest BCUT2D eigenvalue weighted by Gasteiger charge is -2.28. The Labute approximate surface area is 273 Å². The van der Waals surface area contributed by atoms with Crippen LogP contribution in [-0.4, -0.2) is 78.2 Å². The molecule has 1 aliphatic rings. The third-order valence-corrected chi connectivity index (χ3v) is 7.01. The lowest BCUT2D eigenvalue weighted by molar-refractivity contribution is 0.0314. The van der Waals surface area contributed by atoms with Gasteiger partial charge in [0.05, 0.1) is 30.0 Å². The highest BCUT2D eigenvalue weighted by Gasteiger charge is 2.25. The fourth-order valence-corrected chi connectivity index (χ4v) is 4.54. The van der Waals surface area contributed by atoms with Crippen LogP contribution in [-0.2, 0) is 9.47 Å². The number of carbonyl (C=O) groups excluding carboxylic acids is 5. The molecule has 1 aliphatic heterocycles. The van der Waals surface area contributed by atoms with Gasteiger partial charge in [0, 0.05) is 11.1 Å². The topological polar surface area (TPSA) is 193 Å². The summed E-state index contributed by atoms with van der Waals surface area (Å²) in [6, 6.07) is 20.8. The van der Waals surface area contributed by atoms with Crippen LogP contribution in [0, 0.1) is 0 Å². The molecule has 14 heteroatoms. The van der Waals surface area contributed by atoms with E-state index in [9.17, 15) is 34.2 Å². The van der Waals surface area contributed by atoms with E-state index in [2.05, 4.69) is 15.5 Å². The number of hydrogen-bond acceptors (Lipinski definition) is 12. The summed E-state index contributed by atoms with van der Waals surface area (Å²) in [5.41, 5.74) is 0.737. The maximum atomic E-state index is 12.7. The summed E-state index contributed by atoms with van der Waals surface area (Å²) >= 11 is 0. The fraction of sp³-hybridized carbons (Fsp3) is 0.147. The molecule has 0 spiro atoms. The van der Waals surface area contributed by atoms with E-state index >= 15 is 0 Å². The van der Waals surface area contributed by atoms with Gasteiger partial charge in [-0.1, -0.05) is 30.3 Å². The number of carbonyl (C=O) groups is 5. The SMILES string of the molecule is O=Cc1ccccc1C(=O)NCCOC(=O)c1cc(N=Nc2ccc(O)c(C(=O)OCCN3COc4ccccc4C3=O)c2)ccc1O. The summed E-state index contributed by atoms with van der Waals surface area (Å²) in [6.45, 7) is -0.365. The molecule has 2 amide bonds. The molecular formula is C34H28N4O10. The number of nitrogens with one attached hydrogen (secondary N) is 1. The number of aromatic hydroxyl groups is 2. The number of benzene rings is 4. The number of para-hydroxylation sites is 1. The van der Waals surface area contributed by atoms with Gasteiger partial charge in [0.1, 0.15) is 41.6 Å². The second-order valence-electron chi connectivity index (χ2n) is 10.2. The minimum Gasteiger partial charge on any atom is -0.507 e. The highest BCUT2D eigenvalue weighted by Crippen LogP contribution is 2.29. The summed E-state index contributed by atoms with van der Waals surface area (Å²) in [5.74, 6) is -2.76. The zero-order chi connectivity index (χ0) is 34.0. The first kappa shape index (κ1) is 32.8. The summed E-state index contributed by atoms with van der Waals surface area (Å²) in [7, 11) is 0. The molecular weight excluding hydrogens is 624 g/mol. The predicted octanol–water partition coefficient (Wildman–Crippen LogP) is 4.56. The van der Waals surface area contributed by atoms with E-state index in [0.29, 0.717) is 17.6 Å². The number of nitrogens with zero attached hydrogens (tertiary/aromatic N) is 3. The number of ether oxygens (including phenoxy) is 3.